The summed E-state index contributed by atoms with van der Waals surface area (Å²) in [5.74, 6) is -1.21. The third kappa shape index (κ3) is 3.32. The number of hydrogen-bond donors (Lipinski definition) is 3. The van der Waals surface area contributed by atoms with Gasteiger partial charge in [0.2, 0.25) is 5.91 Å². The van der Waals surface area contributed by atoms with Crippen molar-refractivity contribution in [3.05, 3.63) is 47.3 Å². The summed E-state index contributed by atoms with van der Waals surface area (Å²) < 4.78 is 42.1. The minimum atomic E-state index is -4.24. The van der Waals surface area contributed by atoms with E-state index >= 15 is 0 Å². The van der Waals surface area contributed by atoms with Crippen LogP contribution in [-0.4, -0.2) is 21.4 Å². The summed E-state index contributed by atoms with van der Waals surface area (Å²) in [4.78, 5) is 10.9. The van der Waals surface area contributed by atoms with Crippen LogP contribution >= 0.6 is 0 Å². The first-order valence-electron chi connectivity index (χ1n) is 7.71. The number of hydrogen-bond acceptors (Lipinski definition) is 5. The van der Waals surface area contributed by atoms with Crippen molar-refractivity contribution in [2.45, 2.75) is 17.7 Å². The minimum absolute atomic E-state index is 0.136. The summed E-state index contributed by atoms with van der Waals surface area (Å²) in [6.07, 6.45) is 0.537. The van der Waals surface area contributed by atoms with Gasteiger partial charge in [-0.1, -0.05) is 0 Å². The molecule has 0 fully saturated rings. The number of nitrogens with one attached hydrogen (secondary N) is 3. The highest BCUT2D eigenvalue weighted by atomic mass is 32.2. The molecule has 9 heteroatoms. The number of nitrogens with zero attached hydrogens (tertiary/aromatic N) is 1. The highest BCUT2D eigenvalue weighted by molar-refractivity contribution is 7.92. The van der Waals surface area contributed by atoms with Gasteiger partial charge in [-0.2, -0.15) is 5.26 Å². The van der Waals surface area contributed by atoms with Crippen LogP contribution in [-0.2, 0) is 21.2 Å². The number of aryl methyl sites for hydroxylation is 1. The smallest absolute Gasteiger partial charge is 0.264 e. The Morgan fingerprint density at radius 1 is 1.19 bits per heavy atom. The van der Waals surface area contributed by atoms with Crippen molar-refractivity contribution in [2.24, 2.45) is 0 Å². The Kier molecular flexibility index (Phi) is 4.52. The molecule has 7 nitrogen and oxygen atoms in total. The van der Waals surface area contributed by atoms with Crippen molar-refractivity contribution >= 4 is 33.0 Å². The van der Waals surface area contributed by atoms with Crippen molar-refractivity contribution in [2.75, 3.05) is 22.4 Å². The van der Waals surface area contributed by atoms with E-state index < -0.39 is 20.7 Å². The molecule has 1 aliphatic rings. The van der Waals surface area contributed by atoms with E-state index in [0.29, 0.717) is 17.7 Å². The molecule has 3 N–H and O–H groups in total. The quantitative estimate of drug-likeness (QED) is 0.761. The number of halogens is 1. The first-order chi connectivity index (χ1) is 12.3. The van der Waals surface area contributed by atoms with Crippen LogP contribution in [0.4, 0.5) is 21.5 Å². The van der Waals surface area contributed by atoms with Crippen molar-refractivity contribution in [3.63, 3.8) is 0 Å². The number of sulfonamides is 1. The fraction of sp³-hybridized carbons (Fsp3) is 0.176. The molecule has 1 amide bonds. The van der Waals surface area contributed by atoms with Gasteiger partial charge in [0, 0.05) is 19.2 Å². The fourth-order valence-electron chi connectivity index (χ4n) is 2.70. The number of fused-ring (bicyclic) bond motifs is 1. The van der Waals surface area contributed by atoms with Crippen LogP contribution in [0.5, 0.6) is 0 Å². The van der Waals surface area contributed by atoms with E-state index in [1.54, 1.807) is 13.1 Å². The Morgan fingerprint density at radius 2 is 1.96 bits per heavy atom. The monoisotopic (exact) mass is 374 g/mol. The van der Waals surface area contributed by atoms with E-state index in [0.717, 1.165) is 6.07 Å². The van der Waals surface area contributed by atoms with Crippen LogP contribution in [0.1, 0.15) is 17.5 Å². The molecule has 134 valence electrons. The van der Waals surface area contributed by atoms with Gasteiger partial charge in [0.05, 0.1) is 23.0 Å². The second-order valence-corrected chi connectivity index (χ2v) is 7.37. The minimum Gasteiger partial charge on any atom is -0.386 e. The van der Waals surface area contributed by atoms with Crippen molar-refractivity contribution in [1.82, 2.24) is 0 Å². The van der Waals surface area contributed by atoms with Crippen LogP contribution in [0.15, 0.2) is 35.2 Å². The lowest BCUT2D eigenvalue weighted by Crippen LogP contribution is -2.21. The van der Waals surface area contributed by atoms with E-state index in [9.17, 15) is 17.6 Å². The van der Waals surface area contributed by atoms with E-state index in [1.807, 2.05) is 6.07 Å². The molecule has 0 unspecified atom stereocenters. The Labute approximate surface area is 149 Å². The topological polar surface area (TPSA) is 111 Å². The maximum Gasteiger partial charge on any atom is 0.264 e. The number of anilines is 3. The van der Waals surface area contributed by atoms with Gasteiger partial charge in [-0.05, 0) is 42.3 Å². The molecule has 0 saturated heterocycles. The molecule has 2 aromatic carbocycles. The lowest BCUT2D eigenvalue weighted by Gasteiger charge is -2.19. The highest BCUT2D eigenvalue weighted by Gasteiger charge is 2.25. The van der Waals surface area contributed by atoms with Crippen LogP contribution in [0.2, 0.25) is 0 Å². The molecule has 0 saturated carbocycles. The molecule has 2 aromatic rings. The SMILES string of the molecule is CNc1ccc(C#N)cc1NS(=O)(=O)c1cc2c(cc1F)NC(=O)CC2. The predicted molar refractivity (Wildman–Crippen MR) is 94.9 cm³/mol. The molecule has 0 radical (unpaired) electrons. The number of nitriles is 1. The summed E-state index contributed by atoms with van der Waals surface area (Å²) >= 11 is 0. The van der Waals surface area contributed by atoms with Gasteiger partial charge < -0.3 is 10.6 Å². The predicted octanol–water partition coefficient (Wildman–Crippen LogP) is 2.42. The highest BCUT2D eigenvalue weighted by Crippen LogP contribution is 2.31. The zero-order valence-electron chi connectivity index (χ0n) is 13.8. The fourth-order valence-corrected chi connectivity index (χ4v) is 3.88. The maximum absolute atomic E-state index is 14.4. The van der Waals surface area contributed by atoms with E-state index in [-0.39, 0.29) is 29.3 Å². The second kappa shape index (κ2) is 6.65. The molecule has 0 spiro atoms. The second-order valence-electron chi connectivity index (χ2n) is 5.72. The van der Waals surface area contributed by atoms with Gasteiger partial charge in [0.1, 0.15) is 10.7 Å². The van der Waals surface area contributed by atoms with Gasteiger partial charge in [-0.3, -0.25) is 9.52 Å². The molecule has 0 atom stereocenters. The van der Waals surface area contributed by atoms with Gasteiger partial charge in [0.15, 0.2) is 0 Å². The van der Waals surface area contributed by atoms with Crippen molar-refractivity contribution in [1.29, 1.82) is 5.26 Å². The Morgan fingerprint density at radius 3 is 2.65 bits per heavy atom. The molecule has 1 aliphatic heterocycles. The molecule has 0 aromatic heterocycles. The molecule has 0 bridgehead atoms. The first kappa shape index (κ1) is 17.7. The Bertz CT molecular complexity index is 1040. The first-order valence-corrected chi connectivity index (χ1v) is 9.19. The van der Waals surface area contributed by atoms with E-state index in [4.69, 9.17) is 5.26 Å². The molecular formula is C17H15FN4O3S. The summed E-state index contributed by atoms with van der Waals surface area (Å²) in [6.45, 7) is 0. The lowest BCUT2D eigenvalue weighted by molar-refractivity contribution is -0.116. The normalized spacial score (nSPS) is 13.3. The average Bonchev–Trinajstić information content (AvgIpc) is 2.60. The van der Waals surface area contributed by atoms with Gasteiger partial charge in [-0.15, -0.1) is 0 Å². The standard InChI is InChI=1S/C17H15FN4O3S/c1-20-13-4-2-10(9-19)6-15(13)22-26(24,25)16-7-11-3-5-17(23)21-14(11)8-12(16)18/h2,4,6-8,20,22H,3,5H2,1H3,(H,21,23). The summed E-state index contributed by atoms with van der Waals surface area (Å²) in [7, 11) is -2.64. The summed E-state index contributed by atoms with van der Waals surface area (Å²) in [5.41, 5.74) is 1.66. The number of benzene rings is 2. The van der Waals surface area contributed by atoms with Gasteiger partial charge >= 0.3 is 0 Å². The zero-order chi connectivity index (χ0) is 18.9. The summed E-state index contributed by atoms with van der Waals surface area (Å²) in [6, 6.07) is 8.60. The van der Waals surface area contributed by atoms with Crippen molar-refractivity contribution < 1.29 is 17.6 Å². The molecule has 0 aliphatic carbocycles. The average molecular weight is 374 g/mol. The van der Waals surface area contributed by atoms with Crippen LogP contribution in [0.3, 0.4) is 0 Å². The van der Waals surface area contributed by atoms with E-state index in [2.05, 4.69) is 15.4 Å². The molecule has 3 rings (SSSR count). The molecular weight excluding hydrogens is 359 g/mol. The number of rotatable bonds is 4. The number of amides is 1. The van der Waals surface area contributed by atoms with Crippen LogP contribution in [0.25, 0.3) is 0 Å². The molecule has 26 heavy (non-hydrogen) atoms. The third-order valence-electron chi connectivity index (χ3n) is 4.01. The van der Waals surface area contributed by atoms with Crippen LogP contribution < -0.4 is 15.4 Å². The molecule has 1 heterocycles. The number of carbonyl (C=O) groups excluding carboxylic acids is 1. The summed E-state index contributed by atoms with van der Waals surface area (Å²) in [5, 5.41) is 14.3. The van der Waals surface area contributed by atoms with Gasteiger partial charge in [0.25, 0.3) is 10.0 Å². The zero-order valence-corrected chi connectivity index (χ0v) is 14.6. The largest absolute Gasteiger partial charge is 0.386 e. The Hall–Kier alpha value is -3.12. The van der Waals surface area contributed by atoms with Gasteiger partial charge in [-0.25, -0.2) is 12.8 Å². The lowest BCUT2D eigenvalue weighted by atomic mass is 10.0. The maximum atomic E-state index is 14.4. The third-order valence-corrected chi connectivity index (χ3v) is 5.39. The Balaban J connectivity index is 2.02. The number of carbonyl (C=O) groups is 1. The van der Waals surface area contributed by atoms with Crippen molar-refractivity contribution in [3.8, 4) is 6.07 Å². The van der Waals surface area contributed by atoms with Crippen LogP contribution in [0, 0.1) is 17.1 Å². The van der Waals surface area contributed by atoms with E-state index in [1.165, 1.54) is 18.2 Å².